The van der Waals surface area contributed by atoms with Crippen LogP contribution in [-0.2, 0) is 4.79 Å². The SMILES string of the molecule is CC(Nc1ncnc2c1cnn2-c1ccccc1)C(=O)N1CCCCC1C. The van der Waals surface area contributed by atoms with Gasteiger partial charge in [0.2, 0.25) is 5.91 Å². The van der Waals surface area contributed by atoms with E-state index in [0.717, 1.165) is 30.5 Å². The summed E-state index contributed by atoms with van der Waals surface area (Å²) >= 11 is 0. The molecule has 3 heterocycles. The summed E-state index contributed by atoms with van der Waals surface area (Å²) in [6, 6.07) is 9.78. The summed E-state index contributed by atoms with van der Waals surface area (Å²) in [5.74, 6) is 0.747. The molecule has 1 aliphatic rings. The molecular weight excluding hydrogens is 340 g/mol. The smallest absolute Gasteiger partial charge is 0.245 e. The van der Waals surface area contributed by atoms with E-state index in [9.17, 15) is 4.79 Å². The van der Waals surface area contributed by atoms with Crippen molar-refractivity contribution < 1.29 is 4.79 Å². The number of benzene rings is 1. The van der Waals surface area contributed by atoms with Crippen LogP contribution in [0.1, 0.15) is 33.1 Å². The second-order valence-electron chi connectivity index (χ2n) is 7.09. The van der Waals surface area contributed by atoms with E-state index < -0.39 is 0 Å². The number of amides is 1. The molecular formula is C20H24N6O. The van der Waals surface area contributed by atoms with Gasteiger partial charge in [-0.1, -0.05) is 18.2 Å². The van der Waals surface area contributed by atoms with Gasteiger partial charge in [-0.2, -0.15) is 5.10 Å². The highest BCUT2D eigenvalue weighted by Gasteiger charge is 2.27. The fraction of sp³-hybridized carbons (Fsp3) is 0.400. The molecule has 1 saturated heterocycles. The summed E-state index contributed by atoms with van der Waals surface area (Å²) in [5.41, 5.74) is 1.65. The third-order valence-electron chi connectivity index (χ3n) is 5.18. The van der Waals surface area contributed by atoms with E-state index in [1.807, 2.05) is 42.2 Å². The molecule has 2 aromatic heterocycles. The molecule has 140 valence electrons. The van der Waals surface area contributed by atoms with Crippen LogP contribution in [0.15, 0.2) is 42.9 Å². The number of piperidine rings is 1. The number of hydrogen-bond acceptors (Lipinski definition) is 5. The summed E-state index contributed by atoms with van der Waals surface area (Å²) in [5, 5.41) is 8.53. The number of carbonyl (C=O) groups excluding carboxylic acids is 1. The van der Waals surface area contributed by atoms with E-state index in [2.05, 4.69) is 27.3 Å². The van der Waals surface area contributed by atoms with Crippen molar-refractivity contribution in [1.29, 1.82) is 0 Å². The van der Waals surface area contributed by atoms with Crippen molar-refractivity contribution in [3.63, 3.8) is 0 Å². The van der Waals surface area contributed by atoms with E-state index in [1.54, 1.807) is 10.9 Å². The van der Waals surface area contributed by atoms with Gasteiger partial charge in [-0.25, -0.2) is 14.6 Å². The number of fused-ring (bicyclic) bond motifs is 1. The van der Waals surface area contributed by atoms with Crippen LogP contribution in [0.4, 0.5) is 5.82 Å². The number of para-hydroxylation sites is 1. The Morgan fingerprint density at radius 3 is 2.81 bits per heavy atom. The zero-order chi connectivity index (χ0) is 18.8. The Bertz CT molecular complexity index is 938. The van der Waals surface area contributed by atoms with Crippen LogP contribution in [0.25, 0.3) is 16.7 Å². The standard InChI is InChI=1S/C20H24N6O/c1-14-8-6-7-11-25(14)20(27)15(2)24-18-17-12-23-26(19(17)22-13-21-18)16-9-4-3-5-10-16/h3-5,9-10,12-15H,6-8,11H2,1-2H3,(H,21,22,24). The van der Waals surface area contributed by atoms with Crippen molar-refractivity contribution in [2.75, 3.05) is 11.9 Å². The van der Waals surface area contributed by atoms with Crippen LogP contribution in [0.3, 0.4) is 0 Å². The summed E-state index contributed by atoms with van der Waals surface area (Å²) in [4.78, 5) is 23.6. The van der Waals surface area contributed by atoms with Crippen LogP contribution in [0.2, 0.25) is 0 Å². The number of likely N-dealkylation sites (tertiary alicyclic amines) is 1. The molecule has 1 aromatic carbocycles. The predicted octanol–water partition coefficient (Wildman–Crippen LogP) is 3.02. The van der Waals surface area contributed by atoms with Crippen molar-refractivity contribution in [1.82, 2.24) is 24.6 Å². The quantitative estimate of drug-likeness (QED) is 0.770. The number of nitrogens with one attached hydrogen (secondary N) is 1. The maximum Gasteiger partial charge on any atom is 0.245 e. The first-order valence-electron chi connectivity index (χ1n) is 9.46. The van der Waals surface area contributed by atoms with E-state index in [4.69, 9.17) is 0 Å². The predicted molar refractivity (Wildman–Crippen MR) is 105 cm³/mol. The minimum Gasteiger partial charge on any atom is -0.358 e. The van der Waals surface area contributed by atoms with Crippen LogP contribution in [0.5, 0.6) is 0 Å². The average Bonchev–Trinajstić information content (AvgIpc) is 3.14. The molecule has 1 aliphatic heterocycles. The van der Waals surface area contributed by atoms with Gasteiger partial charge < -0.3 is 10.2 Å². The van der Waals surface area contributed by atoms with Gasteiger partial charge in [-0.05, 0) is 45.2 Å². The first-order valence-corrected chi connectivity index (χ1v) is 9.46. The summed E-state index contributed by atoms with van der Waals surface area (Å²) in [6.45, 7) is 4.84. The second-order valence-corrected chi connectivity index (χ2v) is 7.09. The third kappa shape index (κ3) is 3.37. The maximum atomic E-state index is 12.9. The monoisotopic (exact) mass is 364 g/mol. The molecule has 0 aliphatic carbocycles. The van der Waals surface area contributed by atoms with Gasteiger partial charge in [0.15, 0.2) is 5.65 Å². The number of carbonyl (C=O) groups is 1. The molecule has 1 N–H and O–H groups in total. The summed E-state index contributed by atoms with van der Waals surface area (Å²) in [6.07, 6.45) is 6.58. The molecule has 3 aromatic rings. The van der Waals surface area contributed by atoms with Gasteiger partial charge >= 0.3 is 0 Å². The zero-order valence-electron chi connectivity index (χ0n) is 15.7. The van der Waals surface area contributed by atoms with Crippen molar-refractivity contribution >= 4 is 22.8 Å². The third-order valence-corrected chi connectivity index (χ3v) is 5.18. The Morgan fingerprint density at radius 2 is 2.04 bits per heavy atom. The normalized spacial score (nSPS) is 18.4. The molecule has 7 nitrogen and oxygen atoms in total. The molecule has 1 amide bonds. The van der Waals surface area contributed by atoms with E-state index in [0.29, 0.717) is 17.5 Å². The molecule has 2 atom stereocenters. The van der Waals surface area contributed by atoms with Gasteiger partial charge in [-0.3, -0.25) is 4.79 Å². The lowest BCUT2D eigenvalue weighted by molar-refractivity contribution is -0.134. The molecule has 27 heavy (non-hydrogen) atoms. The Morgan fingerprint density at radius 1 is 1.22 bits per heavy atom. The minimum absolute atomic E-state index is 0.115. The second kappa shape index (κ2) is 7.34. The molecule has 1 fully saturated rings. The highest BCUT2D eigenvalue weighted by Crippen LogP contribution is 2.23. The van der Waals surface area contributed by atoms with Crippen LogP contribution >= 0.6 is 0 Å². The Kier molecular flexibility index (Phi) is 4.75. The largest absolute Gasteiger partial charge is 0.358 e. The molecule has 0 spiro atoms. The summed E-state index contributed by atoms with van der Waals surface area (Å²) in [7, 11) is 0. The van der Waals surface area contributed by atoms with Crippen molar-refractivity contribution in [3.05, 3.63) is 42.9 Å². The van der Waals surface area contributed by atoms with Gasteiger partial charge in [-0.15, -0.1) is 0 Å². The Hall–Kier alpha value is -2.96. The van der Waals surface area contributed by atoms with E-state index >= 15 is 0 Å². The number of hydrogen-bond donors (Lipinski definition) is 1. The first-order chi connectivity index (χ1) is 13.1. The van der Waals surface area contributed by atoms with Crippen LogP contribution in [-0.4, -0.2) is 49.2 Å². The lowest BCUT2D eigenvalue weighted by Gasteiger charge is -2.35. The topological polar surface area (TPSA) is 75.9 Å². The molecule has 4 rings (SSSR count). The lowest BCUT2D eigenvalue weighted by atomic mass is 10.0. The maximum absolute atomic E-state index is 12.9. The van der Waals surface area contributed by atoms with Crippen LogP contribution < -0.4 is 5.32 Å². The highest BCUT2D eigenvalue weighted by atomic mass is 16.2. The fourth-order valence-electron chi connectivity index (χ4n) is 3.66. The van der Waals surface area contributed by atoms with Crippen LogP contribution in [0, 0.1) is 0 Å². The average molecular weight is 364 g/mol. The molecule has 7 heteroatoms. The minimum atomic E-state index is -0.358. The number of anilines is 1. The molecule has 2 unspecified atom stereocenters. The van der Waals surface area contributed by atoms with Gasteiger partial charge in [0.25, 0.3) is 0 Å². The summed E-state index contributed by atoms with van der Waals surface area (Å²) < 4.78 is 1.78. The van der Waals surface area contributed by atoms with E-state index in [1.165, 1.54) is 12.7 Å². The van der Waals surface area contributed by atoms with Crippen molar-refractivity contribution in [2.45, 2.75) is 45.2 Å². The lowest BCUT2D eigenvalue weighted by Crippen LogP contribution is -2.48. The van der Waals surface area contributed by atoms with Crippen molar-refractivity contribution in [3.8, 4) is 5.69 Å². The molecule has 0 bridgehead atoms. The van der Waals surface area contributed by atoms with Crippen molar-refractivity contribution in [2.24, 2.45) is 0 Å². The molecule has 0 radical (unpaired) electrons. The van der Waals surface area contributed by atoms with Gasteiger partial charge in [0.1, 0.15) is 18.2 Å². The van der Waals surface area contributed by atoms with Gasteiger partial charge in [0, 0.05) is 12.6 Å². The molecule has 0 saturated carbocycles. The Balaban J connectivity index is 1.59. The van der Waals surface area contributed by atoms with E-state index in [-0.39, 0.29) is 11.9 Å². The van der Waals surface area contributed by atoms with Gasteiger partial charge in [0.05, 0.1) is 17.3 Å². The Labute approximate surface area is 158 Å². The number of nitrogens with zero attached hydrogens (tertiary/aromatic N) is 5. The number of rotatable bonds is 4. The first kappa shape index (κ1) is 17.5. The number of aromatic nitrogens is 4. The zero-order valence-corrected chi connectivity index (χ0v) is 15.7. The fourth-order valence-corrected chi connectivity index (χ4v) is 3.66. The highest BCUT2D eigenvalue weighted by molar-refractivity contribution is 5.91.